The molecule has 0 aromatic heterocycles. The van der Waals surface area contributed by atoms with Crippen molar-refractivity contribution in [3.05, 3.63) is 29.3 Å². The minimum Gasteiger partial charge on any atom is -0.493 e. The normalized spacial score (nSPS) is 11.2. The molecule has 1 rings (SSSR count). The summed E-state index contributed by atoms with van der Waals surface area (Å²) >= 11 is 0. The van der Waals surface area contributed by atoms with Crippen molar-refractivity contribution in [2.75, 3.05) is 40.5 Å². The van der Waals surface area contributed by atoms with Crippen molar-refractivity contribution in [1.29, 1.82) is 0 Å². The lowest BCUT2D eigenvalue weighted by atomic mass is 10.0. The molecule has 0 atom stereocenters. The number of hydrogen-bond donors (Lipinski definition) is 0. The molecule has 1 amide bonds. The van der Waals surface area contributed by atoms with E-state index >= 15 is 0 Å². The number of amides is 1. The second-order valence-electron chi connectivity index (χ2n) is 5.47. The molecule has 23 heavy (non-hydrogen) atoms. The molecule has 5 nitrogen and oxygen atoms in total. The van der Waals surface area contributed by atoms with Gasteiger partial charge in [-0.25, -0.2) is 0 Å². The van der Waals surface area contributed by atoms with E-state index in [1.807, 2.05) is 38.3 Å². The van der Waals surface area contributed by atoms with Crippen molar-refractivity contribution in [3.63, 3.8) is 0 Å². The number of hydrogen-bond acceptors (Lipinski definition) is 4. The SMILES string of the molecule is C/C=N\CN(CC)CCc1cccc(C(=O)N(C)C)c1OCC. The fourth-order valence-electron chi connectivity index (χ4n) is 2.31. The van der Waals surface area contributed by atoms with Crippen LogP contribution in [0.5, 0.6) is 5.75 Å². The fourth-order valence-corrected chi connectivity index (χ4v) is 2.31. The average molecular weight is 319 g/mol. The molecule has 0 N–H and O–H groups in total. The maximum Gasteiger partial charge on any atom is 0.257 e. The number of likely N-dealkylation sites (N-methyl/N-ethyl adjacent to an activating group) is 1. The van der Waals surface area contributed by atoms with E-state index in [0.29, 0.717) is 24.6 Å². The molecule has 0 aliphatic carbocycles. The molecule has 0 radical (unpaired) electrons. The zero-order valence-electron chi connectivity index (χ0n) is 15.0. The molecule has 0 aliphatic rings. The molecule has 0 unspecified atom stereocenters. The van der Waals surface area contributed by atoms with Gasteiger partial charge in [0.15, 0.2) is 0 Å². The van der Waals surface area contributed by atoms with Crippen LogP contribution in [0.15, 0.2) is 23.2 Å². The van der Waals surface area contributed by atoms with Crippen molar-refractivity contribution in [2.24, 2.45) is 4.99 Å². The van der Waals surface area contributed by atoms with Gasteiger partial charge in [-0.15, -0.1) is 0 Å². The Kier molecular flexibility index (Phi) is 8.33. The first-order valence-electron chi connectivity index (χ1n) is 8.18. The molecular weight excluding hydrogens is 290 g/mol. The smallest absolute Gasteiger partial charge is 0.257 e. The van der Waals surface area contributed by atoms with Crippen LogP contribution in [0, 0.1) is 0 Å². The van der Waals surface area contributed by atoms with Gasteiger partial charge < -0.3 is 9.64 Å². The van der Waals surface area contributed by atoms with Crippen molar-refractivity contribution in [3.8, 4) is 5.75 Å². The van der Waals surface area contributed by atoms with Crippen LogP contribution in [-0.4, -0.2) is 62.4 Å². The topological polar surface area (TPSA) is 45.1 Å². The first-order chi connectivity index (χ1) is 11.0. The Balaban J connectivity index is 2.97. The molecule has 0 bridgehead atoms. The number of benzene rings is 1. The lowest BCUT2D eigenvalue weighted by Crippen LogP contribution is -2.26. The van der Waals surface area contributed by atoms with Crippen molar-refractivity contribution >= 4 is 12.1 Å². The van der Waals surface area contributed by atoms with E-state index in [-0.39, 0.29) is 5.91 Å². The maximum absolute atomic E-state index is 12.3. The lowest BCUT2D eigenvalue weighted by molar-refractivity contribution is 0.0823. The third-order valence-electron chi connectivity index (χ3n) is 3.63. The molecule has 5 heteroatoms. The second-order valence-corrected chi connectivity index (χ2v) is 5.47. The van der Waals surface area contributed by atoms with Crippen LogP contribution in [0.25, 0.3) is 0 Å². The Hall–Kier alpha value is -1.88. The van der Waals surface area contributed by atoms with E-state index in [1.54, 1.807) is 19.0 Å². The molecule has 1 aromatic carbocycles. The summed E-state index contributed by atoms with van der Waals surface area (Å²) in [5, 5.41) is 0. The van der Waals surface area contributed by atoms with Crippen LogP contribution in [0.1, 0.15) is 36.7 Å². The fraction of sp³-hybridized carbons (Fsp3) is 0.556. The molecule has 0 saturated carbocycles. The predicted molar refractivity (Wildman–Crippen MR) is 95.6 cm³/mol. The molecule has 0 fully saturated rings. The second kappa shape index (κ2) is 10.0. The van der Waals surface area contributed by atoms with E-state index in [1.165, 1.54) is 0 Å². The van der Waals surface area contributed by atoms with Gasteiger partial charge in [-0.05, 0) is 44.7 Å². The summed E-state index contributed by atoms with van der Waals surface area (Å²) in [6.07, 6.45) is 2.65. The summed E-state index contributed by atoms with van der Waals surface area (Å²) < 4.78 is 5.79. The van der Waals surface area contributed by atoms with Gasteiger partial charge in [-0.2, -0.15) is 0 Å². The molecule has 128 valence electrons. The van der Waals surface area contributed by atoms with Crippen molar-refractivity contribution in [2.45, 2.75) is 27.2 Å². The van der Waals surface area contributed by atoms with Gasteiger partial charge >= 0.3 is 0 Å². The molecule has 0 spiro atoms. The van der Waals surface area contributed by atoms with Crippen LogP contribution in [0.4, 0.5) is 0 Å². The highest BCUT2D eigenvalue weighted by Crippen LogP contribution is 2.26. The molecule has 0 aliphatic heterocycles. The van der Waals surface area contributed by atoms with E-state index in [0.717, 1.165) is 25.1 Å². The number of carbonyl (C=O) groups excluding carboxylic acids is 1. The van der Waals surface area contributed by atoms with E-state index in [9.17, 15) is 4.79 Å². The zero-order chi connectivity index (χ0) is 17.2. The number of nitrogens with zero attached hydrogens (tertiary/aromatic N) is 3. The van der Waals surface area contributed by atoms with E-state index < -0.39 is 0 Å². The Bertz CT molecular complexity index is 527. The van der Waals surface area contributed by atoms with Gasteiger partial charge in [0.05, 0.1) is 18.8 Å². The van der Waals surface area contributed by atoms with Crippen LogP contribution in [0.3, 0.4) is 0 Å². The minimum atomic E-state index is -0.0294. The third-order valence-corrected chi connectivity index (χ3v) is 3.63. The van der Waals surface area contributed by atoms with E-state index in [4.69, 9.17) is 4.74 Å². The average Bonchev–Trinajstić information content (AvgIpc) is 2.55. The zero-order valence-corrected chi connectivity index (χ0v) is 15.0. The number of rotatable bonds is 9. The minimum absolute atomic E-state index is 0.0294. The van der Waals surface area contributed by atoms with Gasteiger partial charge in [-0.3, -0.25) is 14.7 Å². The number of para-hydroxylation sites is 1. The molecule has 0 saturated heterocycles. The Morgan fingerprint density at radius 1 is 1.30 bits per heavy atom. The monoisotopic (exact) mass is 319 g/mol. The number of aliphatic imine (C=N–C) groups is 1. The van der Waals surface area contributed by atoms with Crippen LogP contribution >= 0.6 is 0 Å². The molecule has 1 aromatic rings. The van der Waals surface area contributed by atoms with Crippen LogP contribution in [-0.2, 0) is 6.42 Å². The quantitative estimate of drug-likeness (QED) is 0.657. The summed E-state index contributed by atoms with van der Waals surface area (Å²) in [5.41, 5.74) is 1.70. The van der Waals surface area contributed by atoms with Gasteiger partial charge in [-0.1, -0.05) is 19.1 Å². The van der Waals surface area contributed by atoms with Gasteiger partial charge in [0, 0.05) is 20.6 Å². The summed E-state index contributed by atoms with van der Waals surface area (Å²) in [4.78, 5) is 20.5. The van der Waals surface area contributed by atoms with E-state index in [2.05, 4.69) is 16.8 Å². The van der Waals surface area contributed by atoms with Crippen LogP contribution in [0.2, 0.25) is 0 Å². The lowest BCUT2D eigenvalue weighted by Gasteiger charge is -2.20. The van der Waals surface area contributed by atoms with Gasteiger partial charge in [0.1, 0.15) is 5.75 Å². The highest BCUT2D eigenvalue weighted by atomic mass is 16.5. The highest BCUT2D eigenvalue weighted by molar-refractivity contribution is 5.97. The summed E-state index contributed by atoms with van der Waals surface area (Å²) in [6, 6.07) is 5.79. The van der Waals surface area contributed by atoms with Crippen LogP contribution < -0.4 is 4.74 Å². The number of carbonyl (C=O) groups is 1. The Morgan fingerprint density at radius 2 is 2.04 bits per heavy atom. The standard InChI is InChI=1S/C18H29N3O2/c1-6-19-14-21(7-2)13-12-15-10-9-11-16(17(15)23-8-3)18(22)20(4)5/h6,9-11H,7-8,12-14H2,1-5H3/b19-6-. The van der Waals surface area contributed by atoms with Crippen molar-refractivity contribution < 1.29 is 9.53 Å². The third kappa shape index (κ3) is 5.67. The highest BCUT2D eigenvalue weighted by Gasteiger charge is 2.17. The summed E-state index contributed by atoms with van der Waals surface area (Å²) in [6.45, 7) is 9.06. The van der Waals surface area contributed by atoms with Gasteiger partial charge in [0.2, 0.25) is 0 Å². The molecule has 0 heterocycles. The first-order valence-corrected chi connectivity index (χ1v) is 8.18. The molecular formula is C18H29N3O2. The first kappa shape index (κ1) is 19.2. The van der Waals surface area contributed by atoms with Crippen molar-refractivity contribution in [1.82, 2.24) is 9.80 Å². The summed E-state index contributed by atoms with van der Waals surface area (Å²) in [5.74, 6) is 0.682. The predicted octanol–water partition coefficient (Wildman–Crippen LogP) is 2.70. The summed E-state index contributed by atoms with van der Waals surface area (Å²) in [7, 11) is 3.51. The number of ether oxygens (including phenoxy) is 1. The maximum atomic E-state index is 12.3. The largest absolute Gasteiger partial charge is 0.493 e. The Morgan fingerprint density at radius 3 is 2.61 bits per heavy atom. The van der Waals surface area contributed by atoms with Gasteiger partial charge in [0.25, 0.3) is 5.91 Å². The Labute approximate surface area is 140 Å².